The van der Waals surface area contributed by atoms with E-state index in [9.17, 15) is 23.2 Å². The summed E-state index contributed by atoms with van der Waals surface area (Å²) >= 11 is 0. The molecule has 4 rings (SSSR count). The standard InChI is InChI=1S/C27H26F3N5O3/c1-26(2,3)38-25(36)35(15-27(10-18(28)11-27)23-20(30)6-5-9-32-23)24-33-13-17(14-34-24)21-19(29)8-7-16(12-31)22(21)37-4/h5-9,13-14,18H,10-11,15H2,1-4H3/t18-,27-. The fourth-order valence-corrected chi connectivity index (χ4v) is 4.52. The summed E-state index contributed by atoms with van der Waals surface area (Å²) in [6, 6.07) is 7.03. The van der Waals surface area contributed by atoms with Crippen molar-refractivity contribution in [2.24, 2.45) is 0 Å². The number of methoxy groups -OCH3 is 1. The summed E-state index contributed by atoms with van der Waals surface area (Å²) in [6.07, 6.45) is 1.83. The third-order valence-corrected chi connectivity index (χ3v) is 6.16. The van der Waals surface area contributed by atoms with Crippen LogP contribution in [-0.2, 0) is 10.2 Å². The van der Waals surface area contributed by atoms with Gasteiger partial charge in [-0.15, -0.1) is 0 Å². The highest BCUT2D eigenvalue weighted by atomic mass is 19.1. The second-order valence-electron chi connectivity index (χ2n) is 10.1. The second-order valence-corrected chi connectivity index (χ2v) is 10.1. The van der Waals surface area contributed by atoms with Gasteiger partial charge in [-0.05, 0) is 57.9 Å². The van der Waals surface area contributed by atoms with Crippen LogP contribution in [0.25, 0.3) is 11.1 Å². The Bertz CT molecular complexity index is 1380. The molecule has 198 valence electrons. The van der Waals surface area contributed by atoms with Gasteiger partial charge in [0.25, 0.3) is 0 Å². The fraction of sp³-hybridized carbons (Fsp3) is 0.370. The molecule has 11 heteroatoms. The van der Waals surface area contributed by atoms with E-state index in [2.05, 4.69) is 15.0 Å². The van der Waals surface area contributed by atoms with Gasteiger partial charge in [-0.1, -0.05) is 0 Å². The molecule has 1 aliphatic carbocycles. The molecule has 0 saturated heterocycles. The number of alkyl halides is 1. The van der Waals surface area contributed by atoms with E-state index in [0.717, 1.165) is 11.0 Å². The van der Waals surface area contributed by atoms with E-state index in [0.29, 0.717) is 0 Å². The zero-order valence-corrected chi connectivity index (χ0v) is 21.3. The van der Waals surface area contributed by atoms with Gasteiger partial charge < -0.3 is 9.47 Å². The lowest BCUT2D eigenvalue weighted by Crippen LogP contribution is -2.54. The molecule has 1 fully saturated rings. The van der Waals surface area contributed by atoms with Crippen molar-refractivity contribution in [1.29, 1.82) is 5.26 Å². The summed E-state index contributed by atoms with van der Waals surface area (Å²) in [5, 5.41) is 9.35. The lowest BCUT2D eigenvalue weighted by molar-refractivity contribution is 0.0505. The van der Waals surface area contributed by atoms with Crippen LogP contribution in [0.5, 0.6) is 5.75 Å². The van der Waals surface area contributed by atoms with Crippen LogP contribution in [0.2, 0.25) is 0 Å². The van der Waals surface area contributed by atoms with Crippen molar-refractivity contribution in [3.63, 3.8) is 0 Å². The summed E-state index contributed by atoms with van der Waals surface area (Å²) in [5.74, 6) is -1.37. The number of anilines is 1. The van der Waals surface area contributed by atoms with Gasteiger partial charge in [0.1, 0.15) is 35.2 Å². The van der Waals surface area contributed by atoms with E-state index in [1.807, 2.05) is 6.07 Å². The lowest BCUT2D eigenvalue weighted by Gasteiger charge is -2.45. The zero-order chi connectivity index (χ0) is 27.7. The first-order chi connectivity index (χ1) is 18.0. The van der Waals surface area contributed by atoms with Gasteiger partial charge in [0.2, 0.25) is 5.95 Å². The predicted octanol–water partition coefficient (Wildman–Crippen LogP) is 5.51. The molecule has 3 aromatic rings. The van der Waals surface area contributed by atoms with E-state index in [1.54, 1.807) is 20.8 Å². The van der Waals surface area contributed by atoms with Crippen LogP contribution in [0.3, 0.4) is 0 Å². The van der Waals surface area contributed by atoms with Gasteiger partial charge in [-0.25, -0.2) is 32.8 Å². The average Bonchev–Trinajstić information content (AvgIpc) is 2.85. The van der Waals surface area contributed by atoms with Gasteiger partial charge in [0.05, 0.1) is 23.9 Å². The fourth-order valence-electron chi connectivity index (χ4n) is 4.52. The van der Waals surface area contributed by atoms with Crippen LogP contribution >= 0.6 is 0 Å². The molecule has 0 N–H and O–H groups in total. The van der Waals surface area contributed by atoms with Gasteiger partial charge in [0, 0.05) is 36.1 Å². The molecule has 38 heavy (non-hydrogen) atoms. The largest absolute Gasteiger partial charge is 0.495 e. The number of nitrogens with zero attached hydrogens (tertiary/aromatic N) is 5. The highest BCUT2D eigenvalue weighted by molar-refractivity contribution is 5.86. The Morgan fingerprint density at radius 3 is 2.39 bits per heavy atom. The number of rotatable bonds is 6. The molecule has 2 aromatic heterocycles. The molecule has 0 aliphatic heterocycles. The maximum Gasteiger partial charge on any atom is 0.417 e. The monoisotopic (exact) mass is 525 g/mol. The maximum absolute atomic E-state index is 14.7. The Morgan fingerprint density at radius 1 is 1.16 bits per heavy atom. The Balaban J connectivity index is 1.75. The first-order valence-electron chi connectivity index (χ1n) is 11.8. The molecular weight excluding hydrogens is 499 g/mol. The van der Waals surface area contributed by atoms with Crippen LogP contribution in [0.4, 0.5) is 23.9 Å². The SMILES string of the molecule is COc1c(C#N)ccc(F)c1-c1cnc(N(C[C@]2(c3ncccc3F)C[C@H](F)C2)C(=O)OC(C)(C)C)nc1. The number of pyridine rings is 1. The summed E-state index contributed by atoms with van der Waals surface area (Å²) in [4.78, 5) is 27.0. The van der Waals surface area contributed by atoms with Crippen molar-refractivity contribution in [3.05, 3.63) is 65.7 Å². The number of hydrogen-bond acceptors (Lipinski definition) is 7. The van der Waals surface area contributed by atoms with Crippen LogP contribution in [0, 0.1) is 23.0 Å². The van der Waals surface area contributed by atoms with Crippen LogP contribution in [-0.4, -0.2) is 46.5 Å². The Labute approximate surface area is 218 Å². The second kappa shape index (κ2) is 10.3. The van der Waals surface area contributed by atoms with Crippen LogP contribution in [0.15, 0.2) is 42.9 Å². The summed E-state index contributed by atoms with van der Waals surface area (Å²) in [5.41, 5.74) is -1.67. The molecule has 1 aromatic carbocycles. The number of carbonyl (C=O) groups excluding carboxylic acids is 1. The van der Waals surface area contributed by atoms with Crippen molar-refractivity contribution in [3.8, 4) is 22.9 Å². The molecule has 2 heterocycles. The molecule has 1 saturated carbocycles. The third-order valence-electron chi connectivity index (χ3n) is 6.16. The van der Waals surface area contributed by atoms with Crippen molar-refractivity contribution in [2.75, 3.05) is 18.6 Å². The highest BCUT2D eigenvalue weighted by Crippen LogP contribution is 2.46. The number of aromatic nitrogens is 3. The Kier molecular flexibility index (Phi) is 7.26. The molecule has 1 aliphatic rings. The third kappa shape index (κ3) is 5.25. The predicted molar refractivity (Wildman–Crippen MR) is 132 cm³/mol. The molecule has 0 radical (unpaired) electrons. The average molecular weight is 526 g/mol. The Morgan fingerprint density at radius 2 is 1.84 bits per heavy atom. The topological polar surface area (TPSA) is 101 Å². The van der Waals surface area contributed by atoms with E-state index < -0.39 is 34.9 Å². The minimum absolute atomic E-state index is 0.0147. The van der Waals surface area contributed by atoms with Gasteiger partial charge in [-0.3, -0.25) is 4.98 Å². The molecular formula is C27H26F3N5O3. The smallest absolute Gasteiger partial charge is 0.417 e. The van der Waals surface area contributed by atoms with E-state index in [1.165, 1.54) is 43.9 Å². The summed E-state index contributed by atoms with van der Waals surface area (Å²) < 4.78 is 54.5. The summed E-state index contributed by atoms with van der Waals surface area (Å²) in [7, 11) is 1.31. The van der Waals surface area contributed by atoms with E-state index >= 15 is 0 Å². The highest BCUT2D eigenvalue weighted by Gasteiger charge is 2.51. The number of halogens is 3. The first-order valence-corrected chi connectivity index (χ1v) is 11.8. The van der Waals surface area contributed by atoms with Crippen LogP contribution < -0.4 is 9.64 Å². The lowest BCUT2D eigenvalue weighted by atomic mass is 9.64. The minimum Gasteiger partial charge on any atom is -0.495 e. The number of ether oxygens (including phenoxy) is 2. The normalized spacial score (nSPS) is 18.7. The Hall–Kier alpha value is -4.20. The molecule has 0 spiro atoms. The maximum atomic E-state index is 14.7. The van der Waals surface area contributed by atoms with Gasteiger partial charge >= 0.3 is 6.09 Å². The quantitative estimate of drug-likeness (QED) is 0.418. The van der Waals surface area contributed by atoms with Crippen LogP contribution in [0.1, 0.15) is 44.9 Å². The molecule has 0 atom stereocenters. The minimum atomic E-state index is -1.19. The summed E-state index contributed by atoms with van der Waals surface area (Å²) in [6.45, 7) is 4.84. The molecule has 0 unspecified atom stereocenters. The molecule has 8 nitrogen and oxygen atoms in total. The first kappa shape index (κ1) is 26.9. The van der Waals surface area contributed by atoms with Crippen molar-refractivity contribution in [1.82, 2.24) is 15.0 Å². The number of benzene rings is 1. The number of carbonyl (C=O) groups is 1. The number of amides is 1. The van der Waals surface area contributed by atoms with Crippen molar-refractivity contribution >= 4 is 12.0 Å². The molecule has 0 bridgehead atoms. The van der Waals surface area contributed by atoms with Gasteiger partial charge in [0.15, 0.2) is 0 Å². The van der Waals surface area contributed by atoms with E-state index in [4.69, 9.17) is 9.47 Å². The van der Waals surface area contributed by atoms with Crippen molar-refractivity contribution < 1.29 is 27.4 Å². The zero-order valence-electron chi connectivity index (χ0n) is 21.3. The molecule has 1 amide bonds. The van der Waals surface area contributed by atoms with E-state index in [-0.39, 0.29) is 53.5 Å². The van der Waals surface area contributed by atoms with Crippen molar-refractivity contribution in [2.45, 2.75) is 50.8 Å². The number of hydrogen-bond donors (Lipinski definition) is 0. The van der Waals surface area contributed by atoms with Gasteiger partial charge in [-0.2, -0.15) is 5.26 Å². The number of nitriles is 1.